The van der Waals surface area contributed by atoms with Gasteiger partial charge in [0.25, 0.3) is 0 Å². The van der Waals surface area contributed by atoms with Crippen LogP contribution in [0.4, 0.5) is 23.2 Å². The van der Waals surface area contributed by atoms with Gasteiger partial charge in [-0.25, -0.2) is 4.39 Å². The monoisotopic (exact) mass is 441 g/mol. The minimum absolute atomic E-state index is 0.0204. The van der Waals surface area contributed by atoms with Gasteiger partial charge in [-0.05, 0) is 74.6 Å². The second kappa shape index (κ2) is 7.76. The normalized spacial score (nSPS) is 22.6. The van der Waals surface area contributed by atoms with Crippen LogP contribution in [-0.4, -0.2) is 48.1 Å². The largest absolute Gasteiger partial charge is 0.411 e. The summed E-state index contributed by atoms with van der Waals surface area (Å²) in [4.78, 5) is 26.5. The van der Waals surface area contributed by atoms with Crippen molar-refractivity contribution in [1.29, 1.82) is 0 Å². The van der Waals surface area contributed by atoms with Crippen molar-refractivity contribution >= 4 is 17.5 Å². The third-order valence-corrected chi connectivity index (χ3v) is 7.00. The smallest absolute Gasteiger partial charge is 0.341 e. The van der Waals surface area contributed by atoms with Gasteiger partial charge in [-0.2, -0.15) is 13.2 Å². The SMILES string of the molecule is Cc1cc(NC(=O)C2CCC3(CC2)CN(CC(=O)NC2(C(F)(F)F)CC2)C3)ccc1F. The van der Waals surface area contributed by atoms with Gasteiger partial charge >= 0.3 is 6.18 Å². The van der Waals surface area contributed by atoms with Gasteiger partial charge in [-0.15, -0.1) is 0 Å². The van der Waals surface area contributed by atoms with E-state index >= 15 is 0 Å². The lowest BCUT2D eigenvalue weighted by Crippen LogP contribution is -2.61. The zero-order chi connectivity index (χ0) is 22.4. The van der Waals surface area contributed by atoms with Crippen molar-refractivity contribution in [3.8, 4) is 0 Å². The lowest BCUT2D eigenvalue weighted by Gasteiger charge is -2.53. The highest BCUT2D eigenvalue weighted by Crippen LogP contribution is 2.49. The van der Waals surface area contributed by atoms with Gasteiger partial charge in [-0.3, -0.25) is 14.5 Å². The van der Waals surface area contributed by atoms with E-state index in [1.54, 1.807) is 19.1 Å². The molecule has 31 heavy (non-hydrogen) atoms. The number of nitrogens with one attached hydrogen (secondary N) is 2. The first-order chi connectivity index (χ1) is 14.5. The summed E-state index contributed by atoms with van der Waals surface area (Å²) in [6, 6.07) is 4.49. The second-order valence-corrected chi connectivity index (χ2v) is 9.50. The van der Waals surface area contributed by atoms with Gasteiger partial charge in [0.2, 0.25) is 11.8 Å². The Hall–Kier alpha value is -2.16. The highest BCUT2D eigenvalue weighted by molar-refractivity contribution is 5.92. The molecule has 1 heterocycles. The molecule has 1 saturated heterocycles. The van der Waals surface area contributed by atoms with E-state index in [1.807, 2.05) is 4.90 Å². The van der Waals surface area contributed by atoms with Gasteiger partial charge in [0, 0.05) is 24.7 Å². The van der Waals surface area contributed by atoms with Crippen molar-refractivity contribution in [2.45, 2.75) is 57.2 Å². The molecule has 5 nitrogen and oxygen atoms in total. The molecule has 0 unspecified atom stereocenters. The molecule has 170 valence electrons. The molecule has 3 fully saturated rings. The fraction of sp³-hybridized carbons (Fsp3) is 0.636. The molecule has 2 N–H and O–H groups in total. The van der Waals surface area contributed by atoms with Crippen LogP contribution in [0.2, 0.25) is 0 Å². The molecule has 1 aromatic carbocycles. The van der Waals surface area contributed by atoms with Crippen LogP contribution >= 0.6 is 0 Å². The number of hydrogen-bond acceptors (Lipinski definition) is 3. The Morgan fingerprint density at radius 1 is 1.13 bits per heavy atom. The Labute approximate surface area is 178 Å². The Bertz CT molecular complexity index is 866. The highest BCUT2D eigenvalue weighted by Gasteiger charge is 2.64. The number of amides is 2. The molecule has 2 saturated carbocycles. The maximum Gasteiger partial charge on any atom is 0.411 e. The van der Waals surface area contributed by atoms with E-state index in [1.165, 1.54) is 6.07 Å². The topological polar surface area (TPSA) is 61.4 Å². The molecular weight excluding hydrogens is 414 g/mol. The van der Waals surface area contributed by atoms with Crippen LogP contribution in [-0.2, 0) is 9.59 Å². The number of halogens is 4. The minimum Gasteiger partial charge on any atom is -0.341 e. The number of aryl methyl sites for hydroxylation is 1. The standard InChI is InChI=1S/C22H27F4N3O2/c1-14-10-16(2-3-17(14)23)27-19(31)15-4-6-20(7-5-15)12-29(13-20)11-18(30)28-21(8-9-21)22(24,25)26/h2-3,10,15H,4-9,11-13H2,1H3,(H,27,31)(H,28,30). The number of carbonyl (C=O) groups is 2. The fourth-order valence-electron chi connectivity index (χ4n) is 4.90. The molecule has 1 aliphatic heterocycles. The lowest BCUT2D eigenvalue weighted by molar-refractivity contribution is -0.171. The highest BCUT2D eigenvalue weighted by atomic mass is 19.4. The molecule has 0 radical (unpaired) electrons. The van der Waals surface area contributed by atoms with Gasteiger partial charge < -0.3 is 10.6 Å². The van der Waals surface area contributed by atoms with Crippen LogP contribution in [0.15, 0.2) is 18.2 Å². The molecule has 3 aliphatic rings. The summed E-state index contributed by atoms with van der Waals surface area (Å²) in [7, 11) is 0. The predicted molar refractivity (Wildman–Crippen MR) is 107 cm³/mol. The summed E-state index contributed by atoms with van der Waals surface area (Å²) in [5, 5.41) is 5.03. The molecule has 2 aliphatic carbocycles. The average Bonchev–Trinajstić information content (AvgIpc) is 3.44. The van der Waals surface area contributed by atoms with Gasteiger partial charge in [0.05, 0.1) is 6.54 Å². The van der Waals surface area contributed by atoms with E-state index in [0.717, 1.165) is 25.7 Å². The first-order valence-electron chi connectivity index (χ1n) is 10.7. The Balaban J connectivity index is 1.20. The number of rotatable bonds is 5. The molecule has 9 heteroatoms. The van der Waals surface area contributed by atoms with Crippen LogP contribution < -0.4 is 10.6 Å². The first-order valence-corrected chi connectivity index (χ1v) is 10.7. The molecule has 0 aromatic heterocycles. The third-order valence-electron chi connectivity index (χ3n) is 7.00. The lowest BCUT2D eigenvalue weighted by atomic mass is 9.65. The fourth-order valence-corrected chi connectivity index (χ4v) is 4.90. The van der Waals surface area contributed by atoms with Crippen LogP contribution in [0.25, 0.3) is 0 Å². The summed E-state index contributed by atoms with van der Waals surface area (Å²) >= 11 is 0. The van der Waals surface area contributed by atoms with Crippen molar-refractivity contribution < 1.29 is 27.2 Å². The quantitative estimate of drug-likeness (QED) is 0.684. The van der Waals surface area contributed by atoms with E-state index < -0.39 is 17.6 Å². The second-order valence-electron chi connectivity index (χ2n) is 9.50. The Morgan fingerprint density at radius 2 is 1.77 bits per heavy atom. The van der Waals surface area contributed by atoms with Crippen LogP contribution in [0.1, 0.15) is 44.1 Å². The van der Waals surface area contributed by atoms with E-state index in [0.29, 0.717) is 24.3 Å². The maximum atomic E-state index is 13.4. The van der Waals surface area contributed by atoms with E-state index in [9.17, 15) is 27.2 Å². The van der Waals surface area contributed by atoms with Gasteiger partial charge in [0.1, 0.15) is 11.4 Å². The van der Waals surface area contributed by atoms with E-state index in [4.69, 9.17) is 0 Å². The van der Waals surface area contributed by atoms with Crippen LogP contribution in [0.3, 0.4) is 0 Å². The molecule has 1 aromatic rings. The Morgan fingerprint density at radius 3 is 2.32 bits per heavy atom. The predicted octanol–water partition coefficient (Wildman–Crippen LogP) is 3.78. The number of hydrogen-bond donors (Lipinski definition) is 2. The molecule has 4 rings (SSSR count). The van der Waals surface area contributed by atoms with Crippen molar-refractivity contribution in [3.05, 3.63) is 29.6 Å². The minimum atomic E-state index is -4.40. The number of likely N-dealkylation sites (tertiary alicyclic amines) is 1. The van der Waals surface area contributed by atoms with Gasteiger partial charge in [0.15, 0.2) is 0 Å². The zero-order valence-corrected chi connectivity index (χ0v) is 17.4. The van der Waals surface area contributed by atoms with Crippen molar-refractivity contribution in [3.63, 3.8) is 0 Å². The summed E-state index contributed by atoms with van der Waals surface area (Å²) in [5.74, 6) is -1.08. The summed E-state index contributed by atoms with van der Waals surface area (Å²) in [6.45, 7) is 2.97. The van der Waals surface area contributed by atoms with Crippen LogP contribution in [0, 0.1) is 24.1 Å². The Kier molecular flexibility index (Phi) is 5.52. The summed E-state index contributed by atoms with van der Waals surface area (Å²) < 4.78 is 52.3. The van der Waals surface area contributed by atoms with E-state index in [-0.39, 0.29) is 42.4 Å². The third kappa shape index (κ3) is 4.56. The summed E-state index contributed by atoms with van der Waals surface area (Å²) in [5.41, 5.74) is -0.912. The van der Waals surface area contributed by atoms with Crippen LogP contribution in [0.5, 0.6) is 0 Å². The zero-order valence-electron chi connectivity index (χ0n) is 17.4. The summed E-state index contributed by atoms with van der Waals surface area (Å²) in [6.07, 6.45) is -1.35. The number of anilines is 1. The maximum absolute atomic E-state index is 13.4. The number of benzene rings is 1. The van der Waals surface area contributed by atoms with Crippen molar-refractivity contribution in [1.82, 2.24) is 10.2 Å². The molecule has 1 spiro atoms. The van der Waals surface area contributed by atoms with Gasteiger partial charge in [-0.1, -0.05) is 0 Å². The van der Waals surface area contributed by atoms with E-state index in [2.05, 4.69) is 10.6 Å². The first kappa shape index (κ1) is 22.0. The molecule has 2 amide bonds. The number of alkyl halides is 3. The number of carbonyl (C=O) groups excluding carboxylic acids is 2. The number of nitrogens with zero attached hydrogens (tertiary/aromatic N) is 1. The molecule has 0 atom stereocenters. The average molecular weight is 441 g/mol. The van der Waals surface area contributed by atoms with Crippen molar-refractivity contribution in [2.24, 2.45) is 11.3 Å². The van der Waals surface area contributed by atoms with Crippen molar-refractivity contribution in [2.75, 3.05) is 25.0 Å². The molecule has 0 bridgehead atoms. The molecular formula is C22H27F4N3O2.